The molecule has 0 aliphatic carbocycles. The van der Waals surface area contributed by atoms with Gasteiger partial charge < -0.3 is 0 Å². The van der Waals surface area contributed by atoms with Crippen LogP contribution < -0.4 is 20.7 Å². The SMILES string of the molecule is CC1(C)CCOc2ccc(CP(Br)(c3ccccc3)(c3ccccc3)c3ccccc3)cc21. The summed E-state index contributed by atoms with van der Waals surface area (Å²) in [5.74, 6) is 1.03. The van der Waals surface area contributed by atoms with Gasteiger partial charge in [-0.25, -0.2) is 0 Å². The molecule has 0 spiro atoms. The van der Waals surface area contributed by atoms with Gasteiger partial charge in [0.15, 0.2) is 0 Å². The second-order valence-corrected chi connectivity index (χ2v) is 18.6. The molecule has 0 saturated heterocycles. The molecule has 0 aromatic heterocycles. The molecule has 0 atom stereocenters. The number of benzene rings is 4. The molecular weight excluding hydrogens is 487 g/mol. The molecule has 168 valence electrons. The second-order valence-electron chi connectivity index (χ2n) is 9.66. The molecular formula is C30H30BrOP. The van der Waals surface area contributed by atoms with Crippen LogP contribution in [0.25, 0.3) is 0 Å². The Kier molecular flexibility index (Phi) is 5.71. The zero-order valence-corrected chi connectivity index (χ0v) is 21.7. The van der Waals surface area contributed by atoms with Crippen LogP contribution in [-0.2, 0) is 11.6 Å². The Morgan fingerprint density at radius 2 is 1.21 bits per heavy atom. The summed E-state index contributed by atoms with van der Waals surface area (Å²) in [6.07, 6.45) is 1.93. The average molecular weight is 517 g/mol. The standard InChI is InChI=1S/C30H30BrOP/c1-30(2)20-21-32-29-19-18-24(22-28(29)30)23-33(31,25-12-6-3-7-13-25,26-14-8-4-9-15-26)27-16-10-5-11-17-27/h3-19,22H,20-21,23H2,1-2H3. The van der Waals surface area contributed by atoms with E-state index in [0.717, 1.165) is 24.9 Å². The first kappa shape index (κ1) is 22.4. The van der Waals surface area contributed by atoms with Crippen molar-refractivity contribution in [3.8, 4) is 5.75 Å². The van der Waals surface area contributed by atoms with E-state index >= 15 is 0 Å². The first-order valence-corrected chi connectivity index (χ1v) is 16.0. The van der Waals surface area contributed by atoms with E-state index in [0.29, 0.717) is 0 Å². The van der Waals surface area contributed by atoms with Gasteiger partial charge in [-0.3, -0.25) is 0 Å². The third kappa shape index (κ3) is 3.74. The Balaban J connectivity index is 1.79. The van der Waals surface area contributed by atoms with Crippen molar-refractivity contribution in [1.82, 2.24) is 0 Å². The summed E-state index contributed by atoms with van der Waals surface area (Å²) in [6.45, 7) is 5.45. The number of hydrogen-bond donors (Lipinski definition) is 0. The van der Waals surface area contributed by atoms with Gasteiger partial charge in [0, 0.05) is 0 Å². The summed E-state index contributed by atoms with van der Waals surface area (Å²) in [7, 11) is 0. The molecule has 5 rings (SSSR count). The number of halogens is 1. The fourth-order valence-electron chi connectivity index (χ4n) is 5.16. The molecule has 4 aromatic rings. The molecule has 3 heteroatoms. The average Bonchev–Trinajstić information content (AvgIpc) is 2.86. The zero-order valence-electron chi connectivity index (χ0n) is 19.2. The molecule has 0 unspecified atom stereocenters. The van der Waals surface area contributed by atoms with Gasteiger partial charge >= 0.3 is 206 Å². The Morgan fingerprint density at radius 3 is 1.70 bits per heavy atom. The van der Waals surface area contributed by atoms with E-state index in [9.17, 15) is 0 Å². The van der Waals surface area contributed by atoms with Crippen molar-refractivity contribution in [1.29, 1.82) is 0 Å². The predicted octanol–water partition coefficient (Wildman–Crippen LogP) is 7.09. The maximum atomic E-state index is 6.02. The molecule has 1 nitrogen and oxygen atoms in total. The number of hydrogen-bond acceptors (Lipinski definition) is 1. The van der Waals surface area contributed by atoms with E-state index in [1.54, 1.807) is 0 Å². The van der Waals surface area contributed by atoms with E-state index in [4.69, 9.17) is 4.74 Å². The summed E-state index contributed by atoms with van der Waals surface area (Å²) < 4.78 is 6.02. The van der Waals surface area contributed by atoms with Crippen LogP contribution in [0, 0.1) is 0 Å². The van der Waals surface area contributed by atoms with Crippen LogP contribution in [0.5, 0.6) is 5.75 Å². The van der Waals surface area contributed by atoms with Crippen LogP contribution in [0.3, 0.4) is 0 Å². The number of fused-ring (bicyclic) bond motifs is 1. The van der Waals surface area contributed by atoms with Crippen molar-refractivity contribution in [2.45, 2.75) is 31.8 Å². The van der Waals surface area contributed by atoms with Gasteiger partial charge in [-0.05, 0) is 0 Å². The van der Waals surface area contributed by atoms with Gasteiger partial charge in [0.05, 0.1) is 0 Å². The predicted molar refractivity (Wildman–Crippen MR) is 147 cm³/mol. The Bertz CT molecular complexity index is 1150. The van der Waals surface area contributed by atoms with Gasteiger partial charge in [0.1, 0.15) is 0 Å². The topological polar surface area (TPSA) is 9.23 Å². The Hall–Kier alpha value is -2.41. The van der Waals surface area contributed by atoms with Crippen molar-refractivity contribution < 1.29 is 4.74 Å². The van der Waals surface area contributed by atoms with Crippen molar-refractivity contribution in [3.63, 3.8) is 0 Å². The minimum atomic E-state index is -3.00. The van der Waals surface area contributed by atoms with Gasteiger partial charge in [0.2, 0.25) is 0 Å². The maximum absolute atomic E-state index is 6.02. The molecule has 4 aromatic carbocycles. The minimum absolute atomic E-state index is 0.110. The number of rotatable bonds is 5. The molecule has 33 heavy (non-hydrogen) atoms. The van der Waals surface area contributed by atoms with Crippen LogP contribution in [0.15, 0.2) is 109 Å². The first-order chi connectivity index (χ1) is 15.9. The van der Waals surface area contributed by atoms with E-state index in [1.807, 2.05) is 0 Å². The molecule has 0 bridgehead atoms. The number of ether oxygens (including phenoxy) is 1. The third-order valence-electron chi connectivity index (χ3n) is 7.12. The van der Waals surface area contributed by atoms with Crippen molar-refractivity contribution in [3.05, 3.63) is 120 Å². The summed E-state index contributed by atoms with van der Waals surface area (Å²) >= 11 is 4.58. The summed E-state index contributed by atoms with van der Waals surface area (Å²) in [4.78, 5) is 0. The molecule has 1 aliphatic heterocycles. The quantitative estimate of drug-likeness (QED) is 0.257. The van der Waals surface area contributed by atoms with E-state index in [2.05, 4.69) is 139 Å². The fourth-order valence-corrected chi connectivity index (χ4v) is 12.9. The monoisotopic (exact) mass is 516 g/mol. The van der Waals surface area contributed by atoms with E-state index in [-0.39, 0.29) is 5.41 Å². The normalized spacial score (nSPS) is 16.2. The van der Waals surface area contributed by atoms with Crippen molar-refractivity contribution >= 4 is 36.7 Å². The molecule has 1 aliphatic rings. The second kappa shape index (κ2) is 8.42. The van der Waals surface area contributed by atoms with Gasteiger partial charge in [-0.1, -0.05) is 0 Å². The third-order valence-corrected chi connectivity index (χ3v) is 16.6. The van der Waals surface area contributed by atoms with Crippen LogP contribution in [-0.4, -0.2) is 6.61 Å². The molecule has 0 saturated carbocycles. The Morgan fingerprint density at radius 1 is 0.727 bits per heavy atom. The molecule has 0 radical (unpaired) electrons. The van der Waals surface area contributed by atoms with Crippen LogP contribution in [0.4, 0.5) is 0 Å². The fraction of sp³-hybridized carbons (Fsp3) is 0.200. The van der Waals surface area contributed by atoms with Crippen LogP contribution >= 0.6 is 20.8 Å². The summed E-state index contributed by atoms with van der Waals surface area (Å²) in [6, 6.07) is 39.8. The first-order valence-electron chi connectivity index (χ1n) is 11.6. The van der Waals surface area contributed by atoms with E-state index in [1.165, 1.54) is 27.0 Å². The summed E-state index contributed by atoms with van der Waals surface area (Å²) in [5.41, 5.74) is 2.76. The molecule has 0 amide bonds. The molecule has 0 N–H and O–H groups in total. The van der Waals surface area contributed by atoms with Crippen LogP contribution in [0.1, 0.15) is 31.4 Å². The van der Waals surface area contributed by atoms with E-state index < -0.39 is 5.31 Å². The van der Waals surface area contributed by atoms with Crippen molar-refractivity contribution in [2.24, 2.45) is 0 Å². The van der Waals surface area contributed by atoms with Gasteiger partial charge in [0.25, 0.3) is 0 Å². The zero-order chi connectivity index (χ0) is 23.0. The van der Waals surface area contributed by atoms with Gasteiger partial charge in [-0.15, -0.1) is 0 Å². The van der Waals surface area contributed by atoms with Crippen LogP contribution in [0.2, 0.25) is 0 Å². The molecule has 1 heterocycles. The van der Waals surface area contributed by atoms with Crippen molar-refractivity contribution in [2.75, 3.05) is 6.61 Å². The van der Waals surface area contributed by atoms with Gasteiger partial charge in [-0.2, -0.15) is 0 Å². The molecule has 0 fully saturated rings. The summed E-state index contributed by atoms with van der Waals surface area (Å²) in [5, 5.41) is 1.02. The Labute approximate surface area is 205 Å².